The summed E-state index contributed by atoms with van der Waals surface area (Å²) < 4.78 is 0. The molecule has 0 unspecified atom stereocenters. The van der Waals surface area contributed by atoms with E-state index in [-0.39, 0.29) is 17.7 Å². The normalized spacial score (nSPS) is 18.7. The fourth-order valence-electron chi connectivity index (χ4n) is 4.10. The van der Waals surface area contributed by atoms with Crippen molar-refractivity contribution in [3.8, 4) is 0 Å². The van der Waals surface area contributed by atoms with Crippen LogP contribution in [0.5, 0.6) is 0 Å². The smallest absolute Gasteiger partial charge is 0.258 e. The third kappa shape index (κ3) is 4.01. The molecule has 0 aromatic heterocycles. The van der Waals surface area contributed by atoms with Crippen LogP contribution in [0, 0.1) is 0 Å². The molecule has 4 rings (SSSR count). The highest BCUT2D eigenvalue weighted by atomic mass is 16.2. The predicted molar refractivity (Wildman–Crippen MR) is 120 cm³/mol. The summed E-state index contributed by atoms with van der Waals surface area (Å²) in [5.74, 6) is -0.169. The van der Waals surface area contributed by atoms with Gasteiger partial charge in [-0.05, 0) is 69.2 Å². The fourth-order valence-corrected chi connectivity index (χ4v) is 4.10. The number of piperidine rings is 1. The zero-order valence-electron chi connectivity index (χ0n) is 17.5. The van der Waals surface area contributed by atoms with Gasteiger partial charge in [-0.25, -0.2) is 0 Å². The first-order valence-electron chi connectivity index (χ1n) is 10.4. The van der Waals surface area contributed by atoms with Crippen molar-refractivity contribution < 1.29 is 9.59 Å². The first kappa shape index (κ1) is 20.3. The molecule has 2 heterocycles. The average molecular weight is 405 g/mol. The first-order chi connectivity index (χ1) is 14.5. The van der Waals surface area contributed by atoms with Gasteiger partial charge in [0, 0.05) is 29.4 Å². The zero-order valence-corrected chi connectivity index (χ0v) is 17.5. The lowest BCUT2D eigenvalue weighted by molar-refractivity contribution is -0.110. The summed E-state index contributed by atoms with van der Waals surface area (Å²) in [6.07, 6.45) is 2.02. The molecule has 156 valence electrons. The Labute approximate surface area is 177 Å². The summed E-state index contributed by atoms with van der Waals surface area (Å²) in [7, 11) is 2.13. The molecule has 4 N–H and O–H groups in total. The van der Waals surface area contributed by atoms with E-state index in [4.69, 9.17) is 5.73 Å². The second-order valence-corrected chi connectivity index (χ2v) is 8.14. The van der Waals surface area contributed by atoms with Gasteiger partial charge in [-0.1, -0.05) is 24.3 Å². The van der Waals surface area contributed by atoms with Gasteiger partial charge in [0.1, 0.15) is 0 Å². The maximum absolute atomic E-state index is 13.0. The molecule has 2 aliphatic rings. The highest BCUT2D eigenvalue weighted by Gasteiger charge is 2.30. The van der Waals surface area contributed by atoms with E-state index in [0.717, 1.165) is 54.0 Å². The van der Waals surface area contributed by atoms with E-state index < -0.39 is 0 Å². The maximum Gasteiger partial charge on any atom is 0.258 e. The molecule has 1 fully saturated rings. The van der Waals surface area contributed by atoms with Crippen molar-refractivity contribution in [2.24, 2.45) is 5.73 Å². The van der Waals surface area contributed by atoms with E-state index in [1.54, 1.807) is 13.0 Å². The number of benzene rings is 2. The van der Waals surface area contributed by atoms with E-state index in [1.807, 2.05) is 36.4 Å². The number of hydrogen-bond acceptors (Lipinski definition) is 5. The van der Waals surface area contributed by atoms with E-state index in [2.05, 4.69) is 22.6 Å². The third-order valence-electron chi connectivity index (χ3n) is 5.97. The lowest BCUT2D eigenvalue weighted by Gasteiger charge is -2.31. The van der Waals surface area contributed by atoms with Crippen LogP contribution in [0.2, 0.25) is 0 Å². The number of carbonyl (C=O) groups is 2. The van der Waals surface area contributed by atoms with Crippen LogP contribution < -0.4 is 16.4 Å². The van der Waals surface area contributed by atoms with Crippen LogP contribution in [-0.2, 0) is 11.3 Å². The van der Waals surface area contributed by atoms with E-state index in [0.29, 0.717) is 17.7 Å². The van der Waals surface area contributed by atoms with Crippen LogP contribution in [0.25, 0.3) is 11.3 Å². The molecule has 1 saturated heterocycles. The number of rotatable bonds is 5. The topological polar surface area (TPSA) is 87.5 Å². The van der Waals surface area contributed by atoms with E-state index in [1.165, 1.54) is 0 Å². The van der Waals surface area contributed by atoms with Gasteiger partial charge in [0.05, 0.1) is 11.3 Å². The van der Waals surface area contributed by atoms with E-state index >= 15 is 0 Å². The van der Waals surface area contributed by atoms with Crippen molar-refractivity contribution in [1.82, 2.24) is 10.2 Å². The molecule has 30 heavy (non-hydrogen) atoms. The molecule has 2 aromatic rings. The number of amides is 1. The lowest BCUT2D eigenvalue weighted by Crippen LogP contribution is -2.40. The average Bonchev–Trinajstić information content (AvgIpc) is 3.08. The predicted octanol–water partition coefficient (Wildman–Crippen LogP) is 2.85. The molecule has 6 nitrogen and oxygen atoms in total. The Morgan fingerprint density at radius 3 is 2.43 bits per heavy atom. The number of carbonyl (C=O) groups excluding carboxylic acids is 2. The van der Waals surface area contributed by atoms with Crippen molar-refractivity contribution in [3.05, 3.63) is 64.7 Å². The van der Waals surface area contributed by atoms with Crippen molar-refractivity contribution in [1.29, 1.82) is 0 Å². The molecule has 0 spiro atoms. The molecule has 0 radical (unpaired) electrons. The number of fused-ring (bicyclic) bond motifs is 1. The van der Waals surface area contributed by atoms with Gasteiger partial charge in [-0.3, -0.25) is 9.59 Å². The number of nitrogens with two attached hydrogens (primary N) is 1. The van der Waals surface area contributed by atoms with Gasteiger partial charge in [0.15, 0.2) is 5.78 Å². The molecule has 0 saturated carbocycles. The Bertz CT molecular complexity index is 1000. The van der Waals surface area contributed by atoms with Crippen molar-refractivity contribution in [3.63, 3.8) is 0 Å². The van der Waals surface area contributed by atoms with Crippen molar-refractivity contribution in [2.45, 2.75) is 32.4 Å². The molecule has 2 aliphatic heterocycles. The van der Waals surface area contributed by atoms with Crippen LogP contribution in [-0.4, -0.2) is 42.8 Å². The minimum atomic E-state index is -0.149. The number of Topliss-reactive ketones (excluding diaryl/α,β-unsaturated/α-hetero) is 1. The van der Waals surface area contributed by atoms with Crippen LogP contribution in [0.3, 0.4) is 0 Å². The standard InChI is InChI=1S/C24H28N4O2/c1-15(29)18-7-8-21-20(13-18)22(24(30)27-21)23(17-5-3-16(14-25)4-6-17)26-19-9-11-28(2)12-10-19/h3-8,13,19,26H,9-12,14,25H2,1-2H3,(H,27,30)/b23-22-. The summed E-state index contributed by atoms with van der Waals surface area (Å²) in [6.45, 7) is 4.05. The Hall–Kier alpha value is -2.96. The number of nitrogens with zero attached hydrogens (tertiary/aromatic N) is 1. The lowest BCUT2D eigenvalue weighted by atomic mass is 9.96. The number of anilines is 1. The maximum atomic E-state index is 13.0. The highest BCUT2D eigenvalue weighted by Crippen LogP contribution is 2.37. The van der Waals surface area contributed by atoms with Crippen LogP contribution in [0.1, 0.15) is 46.8 Å². The molecular formula is C24H28N4O2. The van der Waals surface area contributed by atoms with Gasteiger partial charge in [-0.15, -0.1) is 0 Å². The molecule has 0 bridgehead atoms. The third-order valence-corrected chi connectivity index (χ3v) is 5.97. The summed E-state index contributed by atoms with van der Waals surface area (Å²) >= 11 is 0. The summed E-state index contributed by atoms with van der Waals surface area (Å²) in [5.41, 5.74) is 11.2. The summed E-state index contributed by atoms with van der Waals surface area (Å²) in [4.78, 5) is 27.3. The first-order valence-corrected chi connectivity index (χ1v) is 10.4. The Morgan fingerprint density at radius 1 is 1.13 bits per heavy atom. The molecule has 0 atom stereocenters. The summed E-state index contributed by atoms with van der Waals surface area (Å²) in [5, 5.41) is 6.62. The van der Waals surface area contributed by atoms with Crippen molar-refractivity contribution in [2.75, 3.05) is 25.5 Å². The molecule has 1 amide bonds. The molecule has 0 aliphatic carbocycles. The number of ketones is 1. The van der Waals surface area contributed by atoms with Gasteiger partial charge in [0.2, 0.25) is 0 Å². The van der Waals surface area contributed by atoms with Gasteiger partial charge < -0.3 is 21.3 Å². The van der Waals surface area contributed by atoms with Gasteiger partial charge in [-0.2, -0.15) is 0 Å². The Morgan fingerprint density at radius 2 is 1.80 bits per heavy atom. The summed E-state index contributed by atoms with van der Waals surface area (Å²) in [6, 6.07) is 13.7. The number of nitrogens with one attached hydrogen (secondary N) is 2. The number of hydrogen-bond donors (Lipinski definition) is 3. The SMILES string of the molecule is CC(=O)c1ccc2c(c1)/C(=C(/NC1CCN(C)CC1)c1ccc(CN)cc1)C(=O)N2. The molecular weight excluding hydrogens is 376 g/mol. The monoisotopic (exact) mass is 404 g/mol. The highest BCUT2D eigenvalue weighted by molar-refractivity contribution is 6.36. The second kappa shape index (κ2) is 8.42. The van der Waals surface area contributed by atoms with Crippen LogP contribution >= 0.6 is 0 Å². The largest absolute Gasteiger partial charge is 0.381 e. The fraction of sp³-hybridized carbons (Fsp3) is 0.333. The second-order valence-electron chi connectivity index (χ2n) is 8.14. The van der Waals surface area contributed by atoms with Gasteiger partial charge in [0.25, 0.3) is 5.91 Å². The quantitative estimate of drug-likeness (QED) is 0.527. The van der Waals surface area contributed by atoms with Crippen molar-refractivity contribution >= 4 is 28.6 Å². The van der Waals surface area contributed by atoms with E-state index in [9.17, 15) is 9.59 Å². The Balaban J connectivity index is 1.82. The zero-order chi connectivity index (χ0) is 21.3. The molecule has 2 aromatic carbocycles. The van der Waals surface area contributed by atoms with Gasteiger partial charge >= 0.3 is 0 Å². The minimum Gasteiger partial charge on any atom is -0.381 e. The minimum absolute atomic E-state index is 0.0198. The molecule has 6 heteroatoms. The van der Waals surface area contributed by atoms with Crippen LogP contribution in [0.4, 0.5) is 5.69 Å². The van der Waals surface area contributed by atoms with Crippen LogP contribution in [0.15, 0.2) is 42.5 Å². The Kier molecular flexibility index (Phi) is 5.70. The number of likely N-dealkylation sites (tertiary alicyclic amines) is 1.